The van der Waals surface area contributed by atoms with Crippen LogP contribution in [-0.2, 0) is 26.3 Å². The second kappa shape index (κ2) is 11.8. The van der Waals surface area contributed by atoms with Crippen LogP contribution in [0.3, 0.4) is 0 Å². The molecule has 8 nitrogen and oxygen atoms in total. The summed E-state index contributed by atoms with van der Waals surface area (Å²) in [5.74, 6) is -2.06. The van der Waals surface area contributed by atoms with Crippen molar-refractivity contribution in [1.82, 2.24) is 14.5 Å². The van der Waals surface area contributed by atoms with Gasteiger partial charge in [-0.05, 0) is 69.2 Å². The van der Waals surface area contributed by atoms with Gasteiger partial charge in [0.25, 0.3) is 0 Å². The normalized spacial score (nSPS) is 12.8. The molecule has 0 aliphatic carbocycles. The summed E-state index contributed by atoms with van der Waals surface area (Å²) in [6.07, 6.45) is 0.256. The number of halogens is 2. The number of amides is 2. The monoisotopic (exact) mass is 524 g/mol. The predicted molar refractivity (Wildman–Crippen MR) is 135 cm³/mol. The van der Waals surface area contributed by atoms with Gasteiger partial charge in [0.15, 0.2) is 0 Å². The standard InChI is InChI=1S/C25H34F2N4O4S/c1-7-22(24(33)28-25(2,3)4)30(16-18-8-10-19(26)11-9-18)23(32)17-31(36(34,35)29(5)6)21-14-12-20(27)13-15-21/h8-15,22H,7,16-17H2,1-6H3,(H,28,33)/t22-/m1/s1. The first-order valence-corrected chi connectivity index (χ1v) is 12.9. The third-order valence-corrected chi connectivity index (χ3v) is 7.10. The van der Waals surface area contributed by atoms with E-state index in [1.165, 1.54) is 55.4 Å². The lowest BCUT2D eigenvalue weighted by Gasteiger charge is -2.35. The van der Waals surface area contributed by atoms with Crippen molar-refractivity contribution in [3.8, 4) is 0 Å². The second-order valence-corrected chi connectivity index (χ2v) is 11.7. The number of carbonyl (C=O) groups is 2. The molecule has 0 bridgehead atoms. The zero-order valence-corrected chi connectivity index (χ0v) is 22.3. The van der Waals surface area contributed by atoms with Crippen LogP contribution in [-0.4, -0.2) is 61.7 Å². The van der Waals surface area contributed by atoms with Crippen LogP contribution in [0, 0.1) is 11.6 Å². The second-order valence-electron chi connectivity index (χ2n) is 9.58. The zero-order chi connectivity index (χ0) is 27.3. The van der Waals surface area contributed by atoms with Gasteiger partial charge in [0.05, 0.1) is 5.69 Å². The Morgan fingerprint density at radius 1 is 0.944 bits per heavy atom. The van der Waals surface area contributed by atoms with Crippen LogP contribution in [0.4, 0.5) is 14.5 Å². The van der Waals surface area contributed by atoms with E-state index in [1.54, 1.807) is 6.92 Å². The first-order valence-electron chi connectivity index (χ1n) is 11.5. The van der Waals surface area contributed by atoms with Crippen molar-refractivity contribution in [3.05, 3.63) is 65.7 Å². The third kappa shape index (κ3) is 7.72. The minimum atomic E-state index is -4.15. The van der Waals surface area contributed by atoms with Crippen LogP contribution in [0.2, 0.25) is 0 Å². The molecule has 0 saturated heterocycles. The van der Waals surface area contributed by atoms with E-state index in [9.17, 15) is 26.8 Å². The smallest absolute Gasteiger partial charge is 0.304 e. The number of anilines is 1. The Morgan fingerprint density at radius 2 is 1.44 bits per heavy atom. The summed E-state index contributed by atoms with van der Waals surface area (Å²) in [7, 11) is -1.51. The maximum atomic E-state index is 13.7. The molecule has 0 heterocycles. The molecule has 0 aliphatic rings. The number of rotatable bonds is 10. The van der Waals surface area contributed by atoms with Gasteiger partial charge in [-0.2, -0.15) is 12.7 Å². The van der Waals surface area contributed by atoms with Gasteiger partial charge in [-0.25, -0.2) is 13.1 Å². The fraction of sp³-hybridized carbons (Fsp3) is 0.440. The molecule has 2 aromatic carbocycles. The molecule has 2 aromatic rings. The maximum Gasteiger partial charge on any atom is 0.304 e. The van der Waals surface area contributed by atoms with Crippen LogP contribution in [0.25, 0.3) is 0 Å². The van der Waals surface area contributed by atoms with E-state index in [0.29, 0.717) is 5.56 Å². The molecule has 2 amide bonds. The zero-order valence-electron chi connectivity index (χ0n) is 21.5. The van der Waals surface area contributed by atoms with Crippen LogP contribution >= 0.6 is 0 Å². The number of hydrogen-bond acceptors (Lipinski definition) is 4. The summed E-state index contributed by atoms with van der Waals surface area (Å²) in [5, 5.41) is 2.87. The molecule has 0 aliphatic heterocycles. The van der Waals surface area contributed by atoms with Crippen LogP contribution in [0.5, 0.6) is 0 Å². The number of hydrogen-bond donors (Lipinski definition) is 1. The average Bonchev–Trinajstić information content (AvgIpc) is 2.77. The first-order chi connectivity index (χ1) is 16.7. The predicted octanol–water partition coefficient (Wildman–Crippen LogP) is 3.30. The van der Waals surface area contributed by atoms with Crippen LogP contribution in [0.1, 0.15) is 39.7 Å². The topological polar surface area (TPSA) is 90.0 Å². The van der Waals surface area contributed by atoms with Crippen molar-refractivity contribution in [1.29, 1.82) is 0 Å². The first kappa shape index (κ1) is 29.2. The van der Waals surface area contributed by atoms with E-state index in [0.717, 1.165) is 20.7 Å². The Hall–Kier alpha value is -3.05. The lowest BCUT2D eigenvalue weighted by atomic mass is 10.1. The molecule has 0 fully saturated rings. The van der Waals surface area contributed by atoms with Gasteiger partial charge < -0.3 is 10.2 Å². The van der Waals surface area contributed by atoms with Crippen molar-refractivity contribution >= 4 is 27.7 Å². The molecule has 0 unspecified atom stereocenters. The van der Waals surface area contributed by atoms with E-state index in [1.807, 2.05) is 20.8 Å². The van der Waals surface area contributed by atoms with E-state index < -0.39 is 51.8 Å². The molecule has 1 N–H and O–H groups in total. The summed E-state index contributed by atoms with van der Waals surface area (Å²) in [6, 6.07) is 9.29. The SMILES string of the molecule is CC[C@H](C(=O)NC(C)(C)C)N(Cc1ccc(F)cc1)C(=O)CN(c1ccc(F)cc1)S(=O)(=O)N(C)C. The molecular formula is C25H34F2N4O4S. The Balaban J connectivity index is 2.50. The summed E-state index contributed by atoms with van der Waals surface area (Å²) >= 11 is 0. The van der Waals surface area contributed by atoms with Crippen molar-refractivity contribution < 1.29 is 26.8 Å². The van der Waals surface area contributed by atoms with Crippen molar-refractivity contribution in [2.24, 2.45) is 0 Å². The average molecular weight is 525 g/mol. The lowest BCUT2D eigenvalue weighted by Crippen LogP contribution is -2.55. The Morgan fingerprint density at radius 3 is 1.89 bits per heavy atom. The van der Waals surface area contributed by atoms with Crippen molar-refractivity contribution in [2.75, 3.05) is 24.9 Å². The van der Waals surface area contributed by atoms with Crippen molar-refractivity contribution in [3.63, 3.8) is 0 Å². The molecule has 198 valence electrons. The van der Waals surface area contributed by atoms with Gasteiger partial charge in [0.2, 0.25) is 11.8 Å². The van der Waals surface area contributed by atoms with Gasteiger partial charge >= 0.3 is 10.2 Å². The minimum absolute atomic E-state index is 0.0472. The largest absolute Gasteiger partial charge is 0.350 e. The summed E-state index contributed by atoms with van der Waals surface area (Å²) < 4.78 is 55.0. The number of nitrogens with zero attached hydrogens (tertiary/aromatic N) is 3. The number of benzene rings is 2. The Labute approximate surface area is 212 Å². The van der Waals surface area contributed by atoms with Gasteiger partial charge in [0.1, 0.15) is 24.2 Å². The Kier molecular flexibility index (Phi) is 9.56. The maximum absolute atomic E-state index is 13.7. The molecule has 36 heavy (non-hydrogen) atoms. The number of nitrogens with one attached hydrogen (secondary N) is 1. The van der Waals surface area contributed by atoms with E-state index in [4.69, 9.17) is 0 Å². The highest BCUT2D eigenvalue weighted by molar-refractivity contribution is 7.90. The fourth-order valence-corrected chi connectivity index (χ4v) is 4.54. The highest BCUT2D eigenvalue weighted by Gasteiger charge is 2.34. The highest BCUT2D eigenvalue weighted by Crippen LogP contribution is 2.22. The van der Waals surface area contributed by atoms with E-state index >= 15 is 0 Å². The van der Waals surface area contributed by atoms with Gasteiger partial charge in [-0.15, -0.1) is 0 Å². The van der Waals surface area contributed by atoms with Gasteiger partial charge in [0, 0.05) is 26.2 Å². The number of carbonyl (C=O) groups excluding carboxylic acids is 2. The van der Waals surface area contributed by atoms with E-state index in [2.05, 4.69) is 5.32 Å². The van der Waals surface area contributed by atoms with Crippen LogP contribution in [0.15, 0.2) is 48.5 Å². The van der Waals surface area contributed by atoms with Crippen molar-refractivity contribution in [2.45, 2.75) is 52.2 Å². The fourth-order valence-electron chi connectivity index (χ4n) is 3.48. The van der Waals surface area contributed by atoms with Gasteiger partial charge in [-0.3, -0.25) is 9.59 Å². The molecule has 0 spiro atoms. The quantitative estimate of drug-likeness (QED) is 0.517. The molecule has 1 atom stereocenters. The minimum Gasteiger partial charge on any atom is -0.350 e. The third-order valence-electron chi connectivity index (χ3n) is 5.28. The molecule has 2 rings (SSSR count). The van der Waals surface area contributed by atoms with Crippen LogP contribution < -0.4 is 9.62 Å². The lowest BCUT2D eigenvalue weighted by molar-refractivity contribution is -0.141. The van der Waals surface area contributed by atoms with E-state index in [-0.39, 0.29) is 18.7 Å². The molecule has 0 aromatic heterocycles. The Bertz CT molecular complexity index is 1150. The molecular weight excluding hydrogens is 490 g/mol. The van der Waals surface area contributed by atoms with Gasteiger partial charge in [-0.1, -0.05) is 19.1 Å². The summed E-state index contributed by atoms with van der Waals surface area (Å²) in [5.41, 5.74) is 0.0895. The molecule has 0 radical (unpaired) electrons. The highest BCUT2D eigenvalue weighted by atomic mass is 32.2. The molecule has 0 saturated carbocycles. The molecule has 11 heteroatoms. The summed E-state index contributed by atoms with van der Waals surface area (Å²) in [4.78, 5) is 28.1. The summed E-state index contributed by atoms with van der Waals surface area (Å²) in [6.45, 7) is 6.49.